The Morgan fingerprint density at radius 1 is 0.795 bits per heavy atom. The lowest BCUT2D eigenvalue weighted by Gasteiger charge is -2.40. The molecule has 0 aliphatic rings. The summed E-state index contributed by atoms with van der Waals surface area (Å²) in [6, 6.07) is 0.651. The number of hydrogen-bond acceptors (Lipinski definition) is 3. The van der Waals surface area contributed by atoms with E-state index in [-0.39, 0.29) is 0 Å². The Labute approximate surface area is 282 Å². The molecule has 5 atom stereocenters. The van der Waals surface area contributed by atoms with Gasteiger partial charge in [0.05, 0.1) is 0 Å². The summed E-state index contributed by atoms with van der Waals surface area (Å²) in [6.45, 7) is 44.4. The first-order valence-electron chi connectivity index (χ1n) is 18.7. The largest absolute Gasteiger partial charge is 0.400 e. The van der Waals surface area contributed by atoms with Gasteiger partial charge in [0.25, 0.3) is 0 Å². The van der Waals surface area contributed by atoms with Gasteiger partial charge >= 0.3 is 0 Å². The highest BCUT2D eigenvalue weighted by Crippen LogP contribution is 2.36. The summed E-state index contributed by atoms with van der Waals surface area (Å²) in [4.78, 5) is 5.05. The van der Waals surface area contributed by atoms with Gasteiger partial charge in [-0.3, -0.25) is 0 Å². The molecule has 0 amide bonds. The fourth-order valence-corrected chi connectivity index (χ4v) is 5.55. The molecule has 0 aliphatic heterocycles. The number of allylic oxidation sites excluding steroid dienone is 1. The number of aliphatic hydroxyl groups excluding tert-OH is 1. The molecule has 0 saturated carbocycles. The van der Waals surface area contributed by atoms with Gasteiger partial charge < -0.3 is 14.9 Å². The smallest absolute Gasteiger partial charge is 0.0319 e. The highest BCUT2D eigenvalue weighted by molar-refractivity contribution is 4.99. The van der Waals surface area contributed by atoms with Gasteiger partial charge in [-0.15, -0.1) is 18.4 Å². The van der Waals surface area contributed by atoms with Crippen molar-refractivity contribution in [2.75, 3.05) is 40.3 Å². The number of aliphatic hydroxyl groups is 1. The summed E-state index contributed by atoms with van der Waals surface area (Å²) in [5, 5.41) is 7.00. The van der Waals surface area contributed by atoms with E-state index in [2.05, 4.69) is 118 Å². The SMILES string of the molecule is C=CC(C)CCCC(C)(CC)CCCN(C)C(C)C(C)C(C)(C)CCC.CC.CC.CC#CC(C)CCN(CC)CC.CO. The van der Waals surface area contributed by atoms with Gasteiger partial charge in [-0.1, -0.05) is 122 Å². The van der Waals surface area contributed by atoms with Crippen LogP contribution < -0.4 is 0 Å². The van der Waals surface area contributed by atoms with Gasteiger partial charge in [0.15, 0.2) is 0 Å². The number of nitrogens with zero attached hydrogens (tertiary/aromatic N) is 2. The Balaban J connectivity index is -0.000000235. The van der Waals surface area contributed by atoms with Crippen LogP contribution in [0.1, 0.15) is 169 Å². The zero-order valence-corrected chi connectivity index (χ0v) is 34.1. The average molecular weight is 625 g/mol. The fraction of sp³-hybridized carbons (Fsp3) is 0.902. The van der Waals surface area contributed by atoms with Crippen molar-refractivity contribution in [1.82, 2.24) is 9.80 Å². The van der Waals surface area contributed by atoms with Crippen LogP contribution in [0.4, 0.5) is 0 Å². The molecule has 3 heteroatoms. The van der Waals surface area contributed by atoms with Crippen LogP contribution in [0.3, 0.4) is 0 Å². The Kier molecular flexibility index (Phi) is 42.0. The maximum Gasteiger partial charge on any atom is 0.0319 e. The lowest BCUT2D eigenvalue weighted by Crippen LogP contribution is -2.41. The Morgan fingerprint density at radius 3 is 1.70 bits per heavy atom. The van der Waals surface area contributed by atoms with E-state index in [4.69, 9.17) is 5.11 Å². The molecule has 0 aromatic heterocycles. The second-order valence-corrected chi connectivity index (χ2v) is 13.2. The van der Waals surface area contributed by atoms with Crippen LogP contribution in [0, 0.1) is 40.4 Å². The van der Waals surface area contributed by atoms with Crippen LogP contribution in [0.2, 0.25) is 0 Å². The number of rotatable bonds is 20. The lowest BCUT2D eigenvalue weighted by molar-refractivity contribution is 0.0930. The quantitative estimate of drug-likeness (QED) is 0.108. The molecule has 0 bridgehead atoms. The second-order valence-electron chi connectivity index (χ2n) is 13.2. The van der Waals surface area contributed by atoms with Gasteiger partial charge in [0.1, 0.15) is 0 Å². The van der Waals surface area contributed by atoms with Gasteiger partial charge in [-0.05, 0) is 108 Å². The molecule has 0 aromatic rings. The summed E-state index contributed by atoms with van der Waals surface area (Å²) in [6.07, 6.45) is 13.9. The second kappa shape index (κ2) is 35.0. The summed E-state index contributed by atoms with van der Waals surface area (Å²) in [7, 11) is 3.33. The van der Waals surface area contributed by atoms with E-state index in [1.807, 2.05) is 34.6 Å². The van der Waals surface area contributed by atoms with Crippen molar-refractivity contribution < 1.29 is 5.11 Å². The standard InChI is InChI=1S/C25H51N.C11H21N.2C2H6.CH4O/c1-11-17-24(7,8)22(5)23(6)26(10)20-15-19-25(9,13-3)18-14-16-21(4)12-2;1-5-8-11(4)9-10-12(6-2)7-3;3*1-2/h12,21-23H,2,11,13-20H2,1,3-10H3;11H,6-7,9-10H2,1-4H3;2*1-2H3;2H,1H3. The Hall–Kier alpha value is -0.820. The molecule has 0 spiro atoms. The van der Waals surface area contributed by atoms with Gasteiger partial charge in [0.2, 0.25) is 0 Å². The third-order valence-corrected chi connectivity index (χ3v) is 9.70. The van der Waals surface area contributed by atoms with Crippen LogP contribution in [0.15, 0.2) is 12.7 Å². The predicted molar refractivity (Wildman–Crippen MR) is 207 cm³/mol. The monoisotopic (exact) mass is 625 g/mol. The number of hydrogen-bond donors (Lipinski definition) is 1. The topological polar surface area (TPSA) is 26.7 Å². The molecule has 0 heterocycles. The van der Waals surface area contributed by atoms with Gasteiger partial charge in [-0.2, -0.15) is 0 Å². The molecule has 0 saturated heterocycles. The van der Waals surface area contributed by atoms with E-state index in [1.165, 1.54) is 70.9 Å². The third-order valence-electron chi connectivity index (χ3n) is 9.70. The molecular weight excluding hydrogens is 536 g/mol. The minimum atomic E-state index is 0.433. The van der Waals surface area contributed by atoms with Crippen molar-refractivity contribution in [2.45, 2.75) is 175 Å². The van der Waals surface area contributed by atoms with Crippen molar-refractivity contribution in [3.63, 3.8) is 0 Å². The van der Waals surface area contributed by atoms with E-state index >= 15 is 0 Å². The van der Waals surface area contributed by atoms with Gasteiger partial charge in [-0.25, -0.2) is 0 Å². The summed E-state index contributed by atoms with van der Waals surface area (Å²) in [5.74, 6) is 8.07. The maximum absolute atomic E-state index is 7.00. The fourth-order valence-electron chi connectivity index (χ4n) is 5.55. The molecular formula is C41H88N2O. The highest BCUT2D eigenvalue weighted by Gasteiger charge is 2.31. The van der Waals surface area contributed by atoms with E-state index in [0.717, 1.165) is 26.1 Å². The lowest BCUT2D eigenvalue weighted by atomic mass is 9.73. The first-order chi connectivity index (χ1) is 20.8. The van der Waals surface area contributed by atoms with Crippen LogP contribution >= 0.6 is 0 Å². The molecule has 3 nitrogen and oxygen atoms in total. The summed E-state index contributed by atoms with van der Waals surface area (Å²) < 4.78 is 0. The minimum absolute atomic E-state index is 0.433. The van der Waals surface area contributed by atoms with Crippen molar-refractivity contribution in [2.24, 2.45) is 28.6 Å². The van der Waals surface area contributed by atoms with Crippen molar-refractivity contribution >= 4 is 0 Å². The summed E-state index contributed by atoms with van der Waals surface area (Å²) in [5.41, 5.74) is 0.945. The normalized spacial score (nSPS) is 14.7. The van der Waals surface area contributed by atoms with Crippen molar-refractivity contribution in [3.8, 4) is 11.8 Å². The summed E-state index contributed by atoms with van der Waals surface area (Å²) >= 11 is 0. The highest BCUT2D eigenvalue weighted by atomic mass is 16.2. The molecule has 0 aliphatic carbocycles. The molecule has 44 heavy (non-hydrogen) atoms. The minimum Gasteiger partial charge on any atom is -0.400 e. The molecule has 0 fully saturated rings. The Morgan fingerprint density at radius 2 is 1.30 bits per heavy atom. The first kappa shape index (κ1) is 52.7. The Bertz CT molecular complexity index is 630. The first-order valence-corrected chi connectivity index (χ1v) is 18.7. The third kappa shape index (κ3) is 28.6. The maximum atomic E-state index is 7.00. The van der Waals surface area contributed by atoms with Crippen LogP contribution in [0.25, 0.3) is 0 Å². The van der Waals surface area contributed by atoms with E-state index in [0.29, 0.717) is 28.7 Å². The molecule has 1 N–H and O–H groups in total. The van der Waals surface area contributed by atoms with Crippen LogP contribution in [-0.4, -0.2) is 61.3 Å². The molecule has 268 valence electrons. The van der Waals surface area contributed by atoms with Crippen molar-refractivity contribution in [1.29, 1.82) is 0 Å². The molecule has 0 radical (unpaired) electrons. The van der Waals surface area contributed by atoms with Gasteiger partial charge in [0, 0.05) is 19.1 Å². The predicted octanol–water partition coefficient (Wildman–Crippen LogP) is 12.0. The zero-order chi connectivity index (χ0) is 35.8. The van der Waals surface area contributed by atoms with Crippen molar-refractivity contribution in [3.05, 3.63) is 12.7 Å². The molecule has 0 rings (SSSR count). The van der Waals surface area contributed by atoms with Crippen LogP contribution in [-0.2, 0) is 0 Å². The molecule has 0 aromatic carbocycles. The van der Waals surface area contributed by atoms with E-state index < -0.39 is 0 Å². The zero-order valence-electron chi connectivity index (χ0n) is 34.1. The van der Waals surface area contributed by atoms with E-state index in [1.54, 1.807) is 0 Å². The van der Waals surface area contributed by atoms with Crippen LogP contribution in [0.5, 0.6) is 0 Å². The van der Waals surface area contributed by atoms with E-state index in [9.17, 15) is 0 Å². The average Bonchev–Trinajstić information content (AvgIpc) is 3.03. The molecule has 5 unspecified atom stereocenters.